The van der Waals surface area contributed by atoms with Gasteiger partial charge in [0.2, 0.25) is 0 Å². The zero-order valence-corrected chi connectivity index (χ0v) is 44.0. The van der Waals surface area contributed by atoms with Gasteiger partial charge in [0.25, 0.3) is 0 Å². The van der Waals surface area contributed by atoms with Crippen molar-refractivity contribution < 1.29 is 104 Å². The summed E-state index contributed by atoms with van der Waals surface area (Å²) >= 11 is 0. The number of hydrogen-bond acceptors (Lipinski definition) is 21. The lowest BCUT2D eigenvalue weighted by Crippen LogP contribution is -2.74. The summed E-state index contributed by atoms with van der Waals surface area (Å²) in [6, 6.07) is 0. The summed E-state index contributed by atoms with van der Waals surface area (Å²) in [5.41, 5.74) is -2.47. The molecule has 0 radical (unpaired) electrons. The Kier molecular flexibility index (Phi) is 15.1. The fraction of sp³-hybridized carbons (Fsp3) is 0.981. The number of aldehydes is 1. The molecule has 10 aliphatic rings. The van der Waals surface area contributed by atoms with Crippen molar-refractivity contribution >= 4 is 6.29 Å². The predicted octanol–water partition coefficient (Wildman–Crippen LogP) is -0.476. The number of hydrogen-bond donors (Lipinski definition) is 11. The third kappa shape index (κ3) is 8.32. The Morgan fingerprint density at radius 2 is 1.23 bits per heavy atom. The van der Waals surface area contributed by atoms with Crippen molar-refractivity contribution in [2.75, 3.05) is 26.4 Å². The molecule has 5 heterocycles. The van der Waals surface area contributed by atoms with Gasteiger partial charge in [-0.2, -0.15) is 0 Å². The number of rotatable bonds is 11. The van der Waals surface area contributed by atoms with Gasteiger partial charge in [-0.25, -0.2) is 0 Å². The molecule has 10 fully saturated rings. The molecular weight excluding hydrogens is 973 g/mol. The van der Waals surface area contributed by atoms with E-state index in [0.29, 0.717) is 19.4 Å². The van der Waals surface area contributed by atoms with Crippen LogP contribution in [-0.2, 0) is 47.4 Å². The average molecular weight is 1060 g/mol. The van der Waals surface area contributed by atoms with Crippen molar-refractivity contribution in [1.29, 1.82) is 0 Å². The van der Waals surface area contributed by atoms with Crippen molar-refractivity contribution in [2.24, 2.45) is 50.2 Å². The first kappa shape index (κ1) is 56.2. The Balaban J connectivity index is 0.901. The van der Waals surface area contributed by atoms with Crippen LogP contribution in [-0.4, -0.2) is 217 Å². The van der Waals surface area contributed by atoms with Crippen molar-refractivity contribution in [3.63, 3.8) is 0 Å². The number of carbonyl (C=O) groups excluding carboxylic acids is 1. The highest BCUT2D eigenvalue weighted by molar-refractivity contribution is 5.59. The molecule has 74 heavy (non-hydrogen) atoms. The summed E-state index contributed by atoms with van der Waals surface area (Å²) in [5.74, 6) is 0.502. The van der Waals surface area contributed by atoms with E-state index in [1.54, 1.807) is 6.92 Å². The molecule has 11 N–H and O–H groups in total. The molecule has 5 aliphatic carbocycles. The Hall–Kier alpha value is -1.13. The largest absolute Gasteiger partial charge is 0.394 e. The highest BCUT2D eigenvalue weighted by Gasteiger charge is 2.80. The van der Waals surface area contributed by atoms with E-state index in [0.717, 1.165) is 57.7 Å². The van der Waals surface area contributed by atoms with Crippen LogP contribution in [0.25, 0.3) is 0 Å². The predicted molar refractivity (Wildman–Crippen MR) is 254 cm³/mol. The van der Waals surface area contributed by atoms with Gasteiger partial charge in [0.15, 0.2) is 25.2 Å². The molecule has 21 nitrogen and oxygen atoms in total. The van der Waals surface area contributed by atoms with Gasteiger partial charge in [-0.05, 0) is 105 Å². The van der Waals surface area contributed by atoms with Crippen LogP contribution in [0.4, 0.5) is 0 Å². The van der Waals surface area contributed by atoms with E-state index in [1.807, 2.05) is 0 Å². The van der Waals surface area contributed by atoms with Crippen molar-refractivity contribution in [2.45, 2.75) is 248 Å². The van der Waals surface area contributed by atoms with Gasteiger partial charge in [0.05, 0.1) is 50.3 Å². The molecular formula is C53H86O21. The summed E-state index contributed by atoms with van der Waals surface area (Å²) in [6.07, 6.45) is -20.0. The van der Waals surface area contributed by atoms with Crippen LogP contribution in [0.1, 0.15) is 119 Å². The van der Waals surface area contributed by atoms with E-state index in [2.05, 4.69) is 41.5 Å². The molecule has 2 bridgehead atoms. The molecule has 10 rings (SSSR count). The molecule has 0 aromatic rings. The third-order valence-electron chi connectivity index (χ3n) is 22.2. The lowest BCUT2D eigenvalue weighted by molar-refractivity contribution is -0.391. The molecule has 21 heteroatoms. The summed E-state index contributed by atoms with van der Waals surface area (Å²) in [6.45, 7) is 14.4. The maximum atomic E-state index is 12.6. The first-order valence-electron chi connectivity index (χ1n) is 27.5. The minimum Gasteiger partial charge on any atom is -0.394 e. The standard InChI is InChI=1S/C53H86O21/c1-8-25-34(59)38(63)42(73-43-39(64)33(58)24(56)20-66-43)46(69-25)71-27-21-67-45(41(36(27)61)74-44-40(65)37(62)35(60)26(19-54)70-44)72-32-11-12-49(5)28(47(32,2)3)9-13-50(6)29(49)10-14-53-30-17-48(4,22-55)15-16-52(30,23-68-53)31(57)18-51(50,53)7/h22,24-46,54,56-65H,8-21,23H2,1-7H3/t24?,25?,26?,27?,28?,29?,30?,31-,32+,33?,34?,35?,36?,37?,38?,39?,40?,41?,42?,43?,44?,45?,46?,48+,49+,50-,51+,52?,53?/m1/s1. The Labute approximate surface area is 433 Å². The molecule has 23 unspecified atom stereocenters. The molecule has 0 aromatic heterocycles. The van der Waals surface area contributed by atoms with Gasteiger partial charge in [0, 0.05) is 16.2 Å². The van der Waals surface area contributed by atoms with Gasteiger partial charge in [-0.15, -0.1) is 0 Å². The topological polar surface area (TPSA) is 323 Å². The maximum Gasteiger partial charge on any atom is 0.187 e. The monoisotopic (exact) mass is 1060 g/mol. The number of aliphatic hydroxyl groups is 11. The average Bonchev–Trinajstić information content (AvgIpc) is 3.69. The molecule has 5 aliphatic heterocycles. The Morgan fingerprint density at radius 1 is 0.581 bits per heavy atom. The summed E-state index contributed by atoms with van der Waals surface area (Å²) in [4.78, 5) is 12.6. The first-order valence-corrected chi connectivity index (χ1v) is 27.5. The van der Waals surface area contributed by atoms with Crippen LogP contribution in [0.3, 0.4) is 0 Å². The van der Waals surface area contributed by atoms with E-state index in [-0.39, 0.29) is 52.4 Å². The van der Waals surface area contributed by atoms with Gasteiger partial charge >= 0.3 is 0 Å². The van der Waals surface area contributed by atoms with Crippen LogP contribution in [0.15, 0.2) is 0 Å². The van der Waals surface area contributed by atoms with Crippen LogP contribution < -0.4 is 0 Å². The van der Waals surface area contributed by atoms with Crippen LogP contribution in [0.5, 0.6) is 0 Å². The van der Waals surface area contributed by atoms with E-state index >= 15 is 0 Å². The number of aliphatic hydroxyl groups excluding tert-OH is 11. The second kappa shape index (κ2) is 19.8. The minimum absolute atomic E-state index is 0.0827. The zero-order valence-electron chi connectivity index (χ0n) is 44.0. The SMILES string of the molecule is CCC1OC(OC2COC(O[C@H]3CC[C@@]4(C)C(CC[C@]5(C)C4CCC46OCC7(CC[C@](C)(C=O)CC74)[C@H](O)C[C@]65C)C3(C)C)C(OC3OC(CO)C(O)C(O)C3O)C2O)C(OC2OCC(O)C(O)C2O)C(O)C1O. The van der Waals surface area contributed by atoms with Crippen molar-refractivity contribution in [1.82, 2.24) is 0 Å². The second-order valence-electron chi connectivity index (χ2n) is 26.0. The molecule has 5 saturated carbocycles. The van der Waals surface area contributed by atoms with E-state index in [1.165, 1.54) is 0 Å². The second-order valence-corrected chi connectivity index (χ2v) is 26.0. The zero-order chi connectivity index (χ0) is 53.5. The summed E-state index contributed by atoms with van der Waals surface area (Å²) in [5, 5.41) is 121. The van der Waals surface area contributed by atoms with E-state index < -0.39 is 152 Å². The van der Waals surface area contributed by atoms with Crippen LogP contribution >= 0.6 is 0 Å². The van der Waals surface area contributed by atoms with Crippen LogP contribution in [0.2, 0.25) is 0 Å². The van der Waals surface area contributed by atoms with Gasteiger partial charge in [-0.1, -0.05) is 48.5 Å². The van der Waals surface area contributed by atoms with E-state index in [9.17, 15) is 61.0 Å². The fourth-order valence-corrected chi connectivity index (χ4v) is 17.6. The van der Waals surface area contributed by atoms with Crippen molar-refractivity contribution in [3.8, 4) is 0 Å². The van der Waals surface area contributed by atoms with E-state index in [4.69, 9.17) is 42.6 Å². The normalized spacial score (nSPS) is 58.1. The number of fused-ring (bicyclic) bond motifs is 4. The molecule has 424 valence electrons. The quantitative estimate of drug-likeness (QED) is 0.0920. The Bertz CT molecular complexity index is 2020. The fourth-order valence-electron chi connectivity index (χ4n) is 17.6. The molecule has 5 saturated heterocycles. The molecule has 29 atom stereocenters. The third-order valence-corrected chi connectivity index (χ3v) is 22.2. The number of carbonyl (C=O) groups is 1. The highest BCUT2D eigenvalue weighted by atomic mass is 16.8. The molecule has 1 spiro atoms. The van der Waals surface area contributed by atoms with Gasteiger partial charge in [0.1, 0.15) is 85.6 Å². The Morgan fingerprint density at radius 3 is 1.93 bits per heavy atom. The van der Waals surface area contributed by atoms with Crippen molar-refractivity contribution in [3.05, 3.63) is 0 Å². The molecule has 0 amide bonds. The lowest BCUT2D eigenvalue weighted by Gasteiger charge is -2.75. The minimum atomic E-state index is -1.86. The van der Waals surface area contributed by atoms with Gasteiger partial charge < -0.3 is 104 Å². The summed E-state index contributed by atoms with van der Waals surface area (Å²) in [7, 11) is 0. The molecule has 0 aromatic carbocycles. The van der Waals surface area contributed by atoms with Crippen LogP contribution in [0, 0.1) is 50.2 Å². The van der Waals surface area contributed by atoms with Gasteiger partial charge in [-0.3, -0.25) is 0 Å². The highest BCUT2D eigenvalue weighted by Crippen LogP contribution is 2.80. The first-order chi connectivity index (χ1) is 34.8. The smallest absolute Gasteiger partial charge is 0.187 e. The lowest BCUT2D eigenvalue weighted by atomic mass is 9.30. The maximum absolute atomic E-state index is 12.6. The summed E-state index contributed by atoms with van der Waals surface area (Å²) < 4.78 is 56.5. The number of ether oxygens (including phenoxy) is 9.